The number of carboxylic acid groups (broad SMARTS) is 1. The van der Waals surface area contributed by atoms with Gasteiger partial charge < -0.3 is 5.11 Å². The Bertz CT molecular complexity index is 797. The van der Waals surface area contributed by atoms with E-state index in [0.717, 1.165) is 31.1 Å². The highest BCUT2D eigenvalue weighted by atomic mass is 19.2. The van der Waals surface area contributed by atoms with E-state index in [9.17, 15) is 18.7 Å². The van der Waals surface area contributed by atoms with E-state index in [4.69, 9.17) is 0 Å². The summed E-state index contributed by atoms with van der Waals surface area (Å²) in [5.74, 6) is -2.93. The molecule has 1 aromatic carbocycles. The number of halogens is 2. The van der Waals surface area contributed by atoms with Crippen LogP contribution < -0.4 is 0 Å². The molecule has 1 N–H and O–H groups in total. The number of aromatic nitrogens is 2. The number of benzene rings is 1. The summed E-state index contributed by atoms with van der Waals surface area (Å²) < 4.78 is 29.4. The lowest BCUT2D eigenvalue weighted by Gasteiger charge is -2.34. The molecule has 0 spiro atoms. The van der Waals surface area contributed by atoms with E-state index in [0.29, 0.717) is 18.7 Å². The molecule has 5 nitrogen and oxygen atoms in total. The third-order valence-corrected chi connectivity index (χ3v) is 4.86. The van der Waals surface area contributed by atoms with Gasteiger partial charge >= 0.3 is 5.97 Å². The Morgan fingerprint density at radius 1 is 1.29 bits per heavy atom. The zero-order valence-electron chi connectivity index (χ0n) is 13.0. The number of hydrogen-bond donors (Lipinski definition) is 1. The minimum atomic E-state index is -1.06. The van der Waals surface area contributed by atoms with Crippen LogP contribution in [0.1, 0.15) is 35.0 Å². The van der Waals surface area contributed by atoms with E-state index in [1.54, 1.807) is 4.90 Å². The van der Waals surface area contributed by atoms with Crippen molar-refractivity contribution in [3.8, 4) is 0 Å². The third-order valence-electron chi connectivity index (χ3n) is 4.86. The molecule has 0 radical (unpaired) electrons. The minimum Gasteiger partial charge on any atom is -0.480 e. The summed E-state index contributed by atoms with van der Waals surface area (Å²) in [4.78, 5) is 13.5. The summed E-state index contributed by atoms with van der Waals surface area (Å²) in [5.41, 5.74) is 2.50. The molecule has 0 bridgehead atoms. The highest BCUT2D eigenvalue weighted by Crippen LogP contribution is 2.33. The summed E-state index contributed by atoms with van der Waals surface area (Å²) in [6, 6.07) is 3.40. The maximum atomic E-state index is 14.0. The number of aryl methyl sites for hydroxylation is 2. The summed E-state index contributed by atoms with van der Waals surface area (Å²) in [6.07, 6.45) is 2.36. The Hall–Kier alpha value is -2.28. The molecule has 1 atom stereocenters. The number of aliphatic carboxylic acids is 1. The van der Waals surface area contributed by atoms with Gasteiger partial charge in [-0.15, -0.1) is 0 Å². The first kappa shape index (κ1) is 15.3. The third kappa shape index (κ3) is 2.39. The van der Waals surface area contributed by atoms with E-state index in [1.807, 2.05) is 10.7 Å². The Morgan fingerprint density at radius 2 is 2.12 bits per heavy atom. The number of carboxylic acids is 1. The van der Waals surface area contributed by atoms with E-state index >= 15 is 0 Å². The van der Waals surface area contributed by atoms with Crippen molar-refractivity contribution in [2.24, 2.45) is 0 Å². The smallest absolute Gasteiger partial charge is 0.325 e. The number of fused-ring (bicyclic) bond motifs is 2. The van der Waals surface area contributed by atoms with Crippen LogP contribution in [0.25, 0.3) is 0 Å². The van der Waals surface area contributed by atoms with Gasteiger partial charge in [0.25, 0.3) is 0 Å². The predicted octanol–water partition coefficient (Wildman–Crippen LogP) is 2.29. The highest BCUT2D eigenvalue weighted by Gasteiger charge is 2.35. The molecular formula is C17H17F2N3O2. The van der Waals surface area contributed by atoms with Crippen LogP contribution in [-0.2, 0) is 30.7 Å². The van der Waals surface area contributed by atoms with Crippen molar-refractivity contribution in [3.63, 3.8) is 0 Å². The molecule has 4 rings (SSSR count). The van der Waals surface area contributed by atoms with Crippen molar-refractivity contribution in [2.75, 3.05) is 6.54 Å². The topological polar surface area (TPSA) is 58.4 Å². The van der Waals surface area contributed by atoms with Crippen LogP contribution in [0, 0.1) is 11.6 Å². The first-order valence-electron chi connectivity index (χ1n) is 8.04. The predicted molar refractivity (Wildman–Crippen MR) is 81.4 cm³/mol. The van der Waals surface area contributed by atoms with Gasteiger partial charge in [-0.25, -0.2) is 8.78 Å². The first-order valence-corrected chi connectivity index (χ1v) is 8.04. The number of carbonyl (C=O) groups is 1. The Balaban J connectivity index is 1.65. The second-order valence-electron chi connectivity index (χ2n) is 6.34. The van der Waals surface area contributed by atoms with Crippen molar-refractivity contribution in [2.45, 2.75) is 38.4 Å². The highest BCUT2D eigenvalue weighted by molar-refractivity contribution is 5.76. The lowest BCUT2D eigenvalue weighted by molar-refractivity contribution is -0.144. The Morgan fingerprint density at radius 3 is 2.88 bits per heavy atom. The van der Waals surface area contributed by atoms with Gasteiger partial charge in [0.05, 0.1) is 5.69 Å². The Kier molecular flexibility index (Phi) is 3.60. The summed E-state index contributed by atoms with van der Waals surface area (Å²) in [6.45, 7) is 1.63. The molecule has 2 aliphatic heterocycles. The lowest BCUT2D eigenvalue weighted by Crippen LogP contribution is -2.39. The fourth-order valence-electron chi connectivity index (χ4n) is 3.76. The van der Waals surface area contributed by atoms with Crippen molar-refractivity contribution < 1.29 is 18.7 Å². The van der Waals surface area contributed by atoms with E-state index < -0.39 is 23.6 Å². The molecule has 2 aromatic rings. The fourth-order valence-corrected chi connectivity index (χ4v) is 3.76. The van der Waals surface area contributed by atoms with E-state index in [2.05, 4.69) is 5.10 Å². The van der Waals surface area contributed by atoms with Crippen molar-refractivity contribution in [1.29, 1.82) is 0 Å². The summed E-state index contributed by atoms with van der Waals surface area (Å²) in [7, 11) is 0. The molecule has 7 heteroatoms. The maximum Gasteiger partial charge on any atom is 0.325 e. The zero-order chi connectivity index (χ0) is 16.8. The van der Waals surface area contributed by atoms with Gasteiger partial charge in [-0.1, -0.05) is 6.07 Å². The van der Waals surface area contributed by atoms with Crippen LogP contribution in [0.5, 0.6) is 0 Å². The first-order chi connectivity index (χ1) is 11.5. The van der Waals surface area contributed by atoms with Crippen LogP contribution in [0.2, 0.25) is 0 Å². The number of hydrogen-bond acceptors (Lipinski definition) is 3. The molecule has 0 fully saturated rings. The lowest BCUT2D eigenvalue weighted by atomic mass is 9.91. The molecule has 24 heavy (non-hydrogen) atoms. The van der Waals surface area contributed by atoms with Crippen LogP contribution >= 0.6 is 0 Å². The summed E-state index contributed by atoms with van der Waals surface area (Å²) >= 11 is 0. The molecule has 0 aliphatic carbocycles. The monoisotopic (exact) mass is 333 g/mol. The average molecular weight is 333 g/mol. The maximum absolute atomic E-state index is 14.0. The minimum absolute atomic E-state index is 0.172. The van der Waals surface area contributed by atoms with Gasteiger partial charge in [0, 0.05) is 25.3 Å². The van der Waals surface area contributed by atoms with Gasteiger partial charge in [-0.05, 0) is 42.5 Å². The van der Waals surface area contributed by atoms with Gasteiger partial charge in [-0.3, -0.25) is 14.4 Å². The normalized spacial score (nSPS) is 20.0. The van der Waals surface area contributed by atoms with Gasteiger partial charge in [0.2, 0.25) is 0 Å². The molecule has 1 aromatic heterocycles. The molecule has 0 amide bonds. The van der Waals surface area contributed by atoms with Crippen LogP contribution in [0.3, 0.4) is 0 Å². The van der Waals surface area contributed by atoms with Crippen molar-refractivity contribution >= 4 is 5.97 Å². The molecule has 1 unspecified atom stereocenters. The largest absolute Gasteiger partial charge is 0.480 e. The van der Waals surface area contributed by atoms with Crippen molar-refractivity contribution in [1.82, 2.24) is 14.7 Å². The quantitative estimate of drug-likeness (QED) is 0.936. The average Bonchev–Trinajstić information content (AvgIpc) is 3.11. The van der Waals surface area contributed by atoms with Gasteiger partial charge in [-0.2, -0.15) is 5.10 Å². The van der Waals surface area contributed by atoms with Gasteiger partial charge in [0.15, 0.2) is 11.6 Å². The van der Waals surface area contributed by atoms with Crippen molar-refractivity contribution in [3.05, 3.63) is 52.3 Å². The van der Waals surface area contributed by atoms with Crippen LogP contribution in [-0.4, -0.2) is 32.3 Å². The van der Waals surface area contributed by atoms with Gasteiger partial charge in [0.1, 0.15) is 6.04 Å². The Labute approximate surface area is 137 Å². The molecule has 2 aliphatic rings. The zero-order valence-corrected chi connectivity index (χ0v) is 13.0. The fraction of sp³-hybridized carbons (Fsp3) is 0.412. The van der Waals surface area contributed by atoms with Crippen LogP contribution in [0.15, 0.2) is 18.2 Å². The number of rotatable bonds is 3. The summed E-state index contributed by atoms with van der Waals surface area (Å²) in [5, 5.41) is 14.1. The van der Waals surface area contributed by atoms with E-state index in [-0.39, 0.29) is 12.0 Å². The molecule has 0 saturated carbocycles. The van der Waals surface area contributed by atoms with E-state index in [1.165, 1.54) is 11.8 Å². The standard InChI is InChI=1S/C17H17F2N3O2/c18-14-4-3-13-12(15(14)19)5-7-21(16(13)17(23)24)9-10-8-11-2-1-6-22(11)20-10/h3-4,8,16H,1-2,5-7,9H2,(H,23,24). The number of nitrogens with zero attached hydrogens (tertiary/aromatic N) is 3. The second-order valence-corrected chi connectivity index (χ2v) is 6.34. The molecule has 3 heterocycles. The SMILES string of the molecule is O=C(O)C1c2ccc(F)c(F)c2CCN1Cc1cc2n(n1)CCC2. The van der Waals surface area contributed by atoms with Crippen LogP contribution in [0.4, 0.5) is 8.78 Å². The molecule has 0 saturated heterocycles. The molecule has 126 valence electrons. The second kappa shape index (κ2) is 5.66. The molecular weight excluding hydrogens is 316 g/mol.